The van der Waals surface area contributed by atoms with Crippen molar-refractivity contribution in [3.05, 3.63) is 29.8 Å². The molecular weight excluding hydrogens is 287 g/mol. The minimum Gasteiger partial charge on any atom is -0.439 e. The third kappa shape index (κ3) is 3.40. The molecule has 1 aliphatic rings. The Balaban J connectivity index is 2.23. The van der Waals surface area contributed by atoms with E-state index in [0.717, 1.165) is 0 Å². The number of cyclic esters (lactones) is 1. The van der Waals surface area contributed by atoms with Crippen molar-refractivity contribution in [1.29, 1.82) is 0 Å². The zero-order valence-corrected chi connectivity index (χ0v) is 11.8. The topological polar surface area (TPSA) is 38.8 Å². The van der Waals surface area contributed by atoms with Gasteiger partial charge in [0.2, 0.25) is 0 Å². The molecule has 0 aromatic heterocycles. The third-order valence-electron chi connectivity index (χ3n) is 3.29. The van der Waals surface area contributed by atoms with Gasteiger partial charge in [-0.05, 0) is 38.5 Å². The zero-order valence-electron chi connectivity index (χ0n) is 11.8. The molecule has 1 saturated heterocycles. The summed E-state index contributed by atoms with van der Waals surface area (Å²) in [6.07, 6.45) is -5.83. The number of alkyl halides is 3. The van der Waals surface area contributed by atoms with Crippen molar-refractivity contribution in [2.45, 2.75) is 45.3 Å². The van der Waals surface area contributed by atoms with Crippen LogP contribution in [0.4, 0.5) is 18.0 Å². The Bertz CT molecular complexity index is 530. The van der Waals surface area contributed by atoms with Crippen LogP contribution >= 0.6 is 0 Å². The molecule has 1 aromatic carbocycles. The lowest BCUT2D eigenvalue weighted by Crippen LogP contribution is -2.37. The largest absolute Gasteiger partial charge is 0.573 e. The first kappa shape index (κ1) is 15.5. The van der Waals surface area contributed by atoms with Crippen molar-refractivity contribution in [3.63, 3.8) is 0 Å². The maximum atomic E-state index is 12.2. The predicted octanol–water partition coefficient (Wildman–Crippen LogP) is 3.88. The maximum Gasteiger partial charge on any atom is 0.573 e. The second-order valence-corrected chi connectivity index (χ2v) is 5.17. The fourth-order valence-electron chi connectivity index (χ4n) is 2.50. The highest BCUT2D eigenvalue weighted by Crippen LogP contribution is 2.35. The van der Waals surface area contributed by atoms with Crippen molar-refractivity contribution in [3.8, 4) is 5.75 Å². The van der Waals surface area contributed by atoms with E-state index in [-0.39, 0.29) is 17.8 Å². The van der Waals surface area contributed by atoms with Crippen LogP contribution in [0.15, 0.2) is 24.3 Å². The Labute approximate surface area is 120 Å². The number of benzene rings is 1. The lowest BCUT2D eigenvalue weighted by Gasteiger charge is -2.24. The number of hydrogen-bond donors (Lipinski definition) is 0. The summed E-state index contributed by atoms with van der Waals surface area (Å²) in [5, 5.41) is 0. The molecule has 0 aliphatic carbocycles. The first-order valence-electron chi connectivity index (χ1n) is 6.53. The van der Waals surface area contributed by atoms with E-state index in [1.807, 2.05) is 13.8 Å². The fourth-order valence-corrected chi connectivity index (χ4v) is 2.50. The Morgan fingerprint density at radius 1 is 1.33 bits per heavy atom. The summed E-state index contributed by atoms with van der Waals surface area (Å²) in [4.78, 5) is 13.4. The molecule has 1 aromatic rings. The third-order valence-corrected chi connectivity index (χ3v) is 3.29. The highest BCUT2D eigenvalue weighted by atomic mass is 19.4. The lowest BCUT2D eigenvalue weighted by atomic mass is 10.0. The van der Waals surface area contributed by atoms with Crippen LogP contribution in [-0.2, 0) is 4.74 Å². The molecule has 1 aliphatic heterocycles. The molecule has 0 spiro atoms. The molecule has 0 saturated carbocycles. The van der Waals surface area contributed by atoms with Crippen molar-refractivity contribution >= 4 is 6.09 Å². The van der Waals surface area contributed by atoms with E-state index in [4.69, 9.17) is 4.74 Å². The first-order valence-corrected chi connectivity index (χ1v) is 6.53. The minimum absolute atomic E-state index is 0.0490. The van der Waals surface area contributed by atoms with Gasteiger partial charge in [0.15, 0.2) is 0 Å². The number of amides is 1. The summed E-state index contributed by atoms with van der Waals surface area (Å²) in [6.45, 7) is 5.50. The molecule has 1 heterocycles. The van der Waals surface area contributed by atoms with Gasteiger partial charge in [0.1, 0.15) is 11.9 Å². The van der Waals surface area contributed by atoms with E-state index >= 15 is 0 Å². The van der Waals surface area contributed by atoms with Crippen molar-refractivity contribution in [2.75, 3.05) is 0 Å². The highest BCUT2D eigenvalue weighted by Gasteiger charge is 2.41. The van der Waals surface area contributed by atoms with Gasteiger partial charge in [-0.25, -0.2) is 4.79 Å². The van der Waals surface area contributed by atoms with E-state index in [1.54, 1.807) is 17.9 Å². The molecule has 7 heteroatoms. The molecule has 0 unspecified atom stereocenters. The van der Waals surface area contributed by atoms with Crippen LogP contribution in [0.3, 0.4) is 0 Å². The van der Waals surface area contributed by atoms with Gasteiger partial charge < -0.3 is 9.47 Å². The standard InChI is InChI=1S/C14H16F3NO3/c1-8(2)18-9(3)12(20-13(18)19)10-5-4-6-11(7-10)21-14(15,16)17/h4-9,12H,1-3H3/t9-,12-/m0/s1. The van der Waals surface area contributed by atoms with E-state index in [0.29, 0.717) is 5.56 Å². The molecule has 4 nitrogen and oxygen atoms in total. The second kappa shape index (κ2) is 5.46. The zero-order chi connectivity index (χ0) is 15.8. The molecule has 116 valence electrons. The predicted molar refractivity (Wildman–Crippen MR) is 68.8 cm³/mol. The average Bonchev–Trinajstić information content (AvgIpc) is 2.63. The first-order chi connectivity index (χ1) is 9.69. The highest BCUT2D eigenvalue weighted by molar-refractivity contribution is 5.71. The van der Waals surface area contributed by atoms with Gasteiger partial charge in [-0.15, -0.1) is 13.2 Å². The van der Waals surface area contributed by atoms with Gasteiger partial charge in [-0.3, -0.25) is 4.90 Å². The lowest BCUT2D eigenvalue weighted by molar-refractivity contribution is -0.274. The Morgan fingerprint density at radius 3 is 2.52 bits per heavy atom. The SMILES string of the molecule is CC(C)N1C(=O)O[C@H](c2cccc(OC(F)(F)F)c2)[C@@H]1C. The van der Waals surface area contributed by atoms with Gasteiger partial charge >= 0.3 is 12.5 Å². The normalized spacial score (nSPS) is 22.6. The van der Waals surface area contributed by atoms with Crippen molar-refractivity contribution in [2.24, 2.45) is 0 Å². The van der Waals surface area contributed by atoms with Crippen molar-refractivity contribution in [1.82, 2.24) is 4.90 Å². The summed E-state index contributed by atoms with van der Waals surface area (Å²) in [5.74, 6) is -0.328. The smallest absolute Gasteiger partial charge is 0.439 e. The van der Waals surface area contributed by atoms with Gasteiger partial charge in [0.25, 0.3) is 0 Å². The van der Waals surface area contributed by atoms with Gasteiger partial charge in [0.05, 0.1) is 6.04 Å². The number of nitrogens with zero attached hydrogens (tertiary/aromatic N) is 1. The minimum atomic E-state index is -4.75. The Morgan fingerprint density at radius 2 is 2.00 bits per heavy atom. The summed E-state index contributed by atoms with van der Waals surface area (Å²) in [7, 11) is 0. The molecule has 0 N–H and O–H groups in total. The molecule has 0 bridgehead atoms. The summed E-state index contributed by atoms with van der Waals surface area (Å²) < 4.78 is 45.9. The number of hydrogen-bond acceptors (Lipinski definition) is 3. The van der Waals surface area contributed by atoms with Crippen LogP contribution in [-0.4, -0.2) is 29.4 Å². The summed E-state index contributed by atoms with van der Waals surface area (Å²) >= 11 is 0. The molecule has 21 heavy (non-hydrogen) atoms. The maximum absolute atomic E-state index is 12.2. The summed E-state index contributed by atoms with van der Waals surface area (Å²) in [5.41, 5.74) is 0.473. The van der Waals surface area contributed by atoms with E-state index in [2.05, 4.69) is 4.74 Å². The molecule has 0 radical (unpaired) electrons. The number of halogens is 3. The van der Waals surface area contributed by atoms with Crippen LogP contribution in [0.1, 0.15) is 32.4 Å². The average molecular weight is 303 g/mol. The molecule has 1 fully saturated rings. The monoisotopic (exact) mass is 303 g/mol. The number of carbonyl (C=O) groups is 1. The van der Waals surface area contributed by atoms with Crippen LogP contribution in [0.2, 0.25) is 0 Å². The van der Waals surface area contributed by atoms with Crippen LogP contribution in [0.5, 0.6) is 5.75 Å². The molecular formula is C14H16F3NO3. The van der Waals surface area contributed by atoms with Gasteiger partial charge in [0, 0.05) is 6.04 Å². The van der Waals surface area contributed by atoms with Crippen molar-refractivity contribution < 1.29 is 27.4 Å². The molecule has 1 amide bonds. The second-order valence-electron chi connectivity index (χ2n) is 5.17. The van der Waals surface area contributed by atoms with E-state index in [1.165, 1.54) is 18.2 Å². The Kier molecular flexibility index (Phi) is 4.02. The number of carbonyl (C=O) groups excluding carboxylic acids is 1. The van der Waals surface area contributed by atoms with Crippen LogP contribution < -0.4 is 4.74 Å². The van der Waals surface area contributed by atoms with E-state index < -0.39 is 18.6 Å². The van der Waals surface area contributed by atoms with Crippen LogP contribution in [0.25, 0.3) is 0 Å². The quantitative estimate of drug-likeness (QED) is 0.850. The van der Waals surface area contributed by atoms with E-state index in [9.17, 15) is 18.0 Å². The van der Waals surface area contributed by atoms with Crippen LogP contribution in [0, 0.1) is 0 Å². The Hall–Kier alpha value is -1.92. The fraction of sp³-hybridized carbons (Fsp3) is 0.500. The molecule has 2 rings (SSSR count). The van der Waals surface area contributed by atoms with Gasteiger partial charge in [-0.1, -0.05) is 12.1 Å². The number of ether oxygens (including phenoxy) is 2. The summed E-state index contributed by atoms with van der Waals surface area (Å²) in [6, 6.07) is 5.19. The van der Waals surface area contributed by atoms with Gasteiger partial charge in [-0.2, -0.15) is 0 Å². The molecule has 2 atom stereocenters. The number of rotatable bonds is 3.